The Kier molecular flexibility index (Phi) is 22.7. The molecule has 12 aromatic carbocycles. The van der Waals surface area contributed by atoms with E-state index in [9.17, 15) is 0 Å². The zero-order valence-corrected chi connectivity index (χ0v) is 74.4. The molecular formula is C111H67N7O4Pt3S. The van der Waals surface area contributed by atoms with Crippen LogP contribution < -0.4 is 14.2 Å². The third-order valence-electron chi connectivity index (χ3n) is 23.5. The van der Waals surface area contributed by atoms with E-state index in [0.29, 0.717) is 28.1 Å². The van der Waals surface area contributed by atoms with Crippen molar-refractivity contribution in [3.05, 3.63) is 511 Å². The molecule has 0 saturated carbocycles. The fourth-order valence-electron chi connectivity index (χ4n) is 18.2. The van der Waals surface area contributed by atoms with Crippen LogP contribution in [0.5, 0.6) is 34.0 Å². The molecule has 0 atom stereocenters. The summed E-state index contributed by atoms with van der Waals surface area (Å²) < 4.78 is 26.6. The summed E-state index contributed by atoms with van der Waals surface area (Å²) in [7, 11) is 0. The maximum Gasteiger partial charge on any atom is 2.00 e. The van der Waals surface area contributed by atoms with E-state index >= 15 is 0 Å². The number of hydrogen-bond acceptors (Lipinski definition) is 11. The number of furan rings is 1. The first-order valence-electron chi connectivity index (χ1n) is 40.5. The summed E-state index contributed by atoms with van der Waals surface area (Å²) in [5, 5.41) is 9.39. The van der Waals surface area contributed by atoms with E-state index in [1.165, 1.54) is 78.1 Å². The molecule has 0 radical (unpaired) electrons. The summed E-state index contributed by atoms with van der Waals surface area (Å²) in [6, 6.07) is 138. The predicted molar refractivity (Wildman–Crippen MR) is 483 cm³/mol. The number of thiophene rings is 1. The molecule has 11 nitrogen and oxygen atoms in total. The van der Waals surface area contributed by atoms with Gasteiger partial charge in [-0.1, -0.05) is 261 Å². The van der Waals surface area contributed by atoms with E-state index in [2.05, 4.69) is 276 Å². The van der Waals surface area contributed by atoms with Gasteiger partial charge in [0.15, 0.2) is 0 Å². The smallest absolute Gasteiger partial charge is 0.507 e. The van der Waals surface area contributed by atoms with Crippen molar-refractivity contribution in [3.63, 3.8) is 0 Å². The Labute approximate surface area is 775 Å². The average Bonchev–Trinajstić information content (AvgIpc) is 1.55. The molecule has 9 heterocycles. The molecule has 0 N–H and O–H groups in total. The number of pyridine rings is 6. The number of nitrogens with zero attached hydrogens (tertiary/aromatic N) is 7. The van der Waals surface area contributed by atoms with Gasteiger partial charge >= 0.3 is 63.2 Å². The van der Waals surface area contributed by atoms with Gasteiger partial charge in [-0.2, -0.15) is 53.3 Å². The Hall–Kier alpha value is -14.0. The van der Waals surface area contributed by atoms with Gasteiger partial charge in [-0.05, 0) is 159 Å². The first-order valence-corrected chi connectivity index (χ1v) is 41.4. The fraction of sp³-hybridized carbons (Fsp3) is 0.0270. The summed E-state index contributed by atoms with van der Waals surface area (Å²) in [6.45, 7) is 0. The van der Waals surface area contributed by atoms with Gasteiger partial charge in [0.1, 0.15) is 5.06 Å². The van der Waals surface area contributed by atoms with Crippen molar-refractivity contribution in [3.8, 4) is 95.7 Å². The van der Waals surface area contributed by atoms with Gasteiger partial charge in [-0.15, -0.1) is 82.4 Å². The average molecular weight is 2180 g/mol. The first-order chi connectivity index (χ1) is 60.9. The molecule has 15 heteroatoms. The van der Waals surface area contributed by atoms with Crippen molar-refractivity contribution in [2.75, 3.05) is 0 Å². The van der Waals surface area contributed by atoms with E-state index in [1.807, 2.05) is 181 Å². The third kappa shape index (κ3) is 14.4. The second kappa shape index (κ2) is 35.0. The van der Waals surface area contributed by atoms with Crippen LogP contribution >= 0.6 is 11.3 Å². The molecule has 0 bridgehead atoms. The van der Waals surface area contributed by atoms with Crippen LogP contribution in [-0.2, 0) is 79.4 Å². The number of ether oxygens (including phenoxy) is 3. The Balaban J connectivity index is 0.000000122. The van der Waals surface area contributed by atoms with Crippen molar-refractivity contribution >= 4 is 43.7 Å². The molecule has 3 aliphatic rings. The Bertz CT molecular complexity index is 6730. The van der Waals surface area contributed by atoms with Gasteiger partial charge in [0.05, 0.1) is 44.9 Å². The number of fused-ring (bicyclic) bond motifs is 12. The first kappa shape index (κ1) is 81.7. The molecule has 0 fully saturated rings. The minimum Gasteiger partial charge on any atom is -0.507 e. The Morgan fingerprint density at radius 1 is 0.294 bits per heavy atom. The summed E-state index contributed by atoms with van der Waals surface area (Å²) in [6.07, 6.45) is 18.1. The molecule has 0 aliphatic heterocycles. The monoisotopic (exact) mass is 2180 g/mol. The summed E-state index contributed by atoms with van der Waals surface area (Å²) in [4.78, 5) is 28.5. The molecule has 3 aliphatic carbocycles. The Morgan fingerprint density at radius 2 is 0.651 bits per heavy atom. The van der Waals surface area contributed by atoms with Crippen LogP contribution in [-0.4, -0.2) is 34.5 Å². The molecule has 0 unspecified atom stereocenters. The van der Waals surface area contributed by atoms with E-state index in [4.69, 9.17) is 33.6 Å². The van der Waals surface area contributed by atoms with Crippen molar-refractivity contribution in [1.82, 2.24) is 34.5 Å². The zero-order valence-electron chi connectivity index (χ0n) is 66.8. The van der Waals surface area contributed by atoms with Crippen LogP contribution in [0.15, 0.2) is 411 Å². The molecular weight excluding hydrogens is 2110 g/mol. The minimum absolute atomic E-state index is 0. The van der Waals surface area contributed by atoms with Crippen LogP contribution in [0.2, 0.25) is 0 Å². The molecule has 21 aromatic rings. The number of hydrogen-bond donors (Lipinski definition) is 0. The van der Waals surface area contributed by atoms with E-state index in [-0.39, 0.29) is 69.1 Å². The number of benzene rings is 12. The van der Waals surface area contributed by atoms with Gasteiger partial charge in [-0.25, -0.2) is 0 Å². The van der Waals surface area contributed by atoms with E-state index in [1.54, 1.807) is 6.26 Å². The fourth-order valence-corrected chi connectivity index (χ4v) is 18.9. The SMILES string of the molecule is [Pt+2].[Pt+2].[Pt+2].[c-]1c(Oc2[c-]c(-c3cc4ccccc4cn3)co2)cccc1C1(c2ccccn2)c2ccccc2-c2ccccc21.[c-]1c(Oc2[c-]c(-c3cc4ccccc4cn3)cs2)cccc1C1(c2ccccn2)c2ccccc2-c2ccccc21.[c-]1c(Oc2[c-]n(-c3cc4ccccc4cn3)cc2)cccc1C1(c2ccccn2)c2ccccc2-c2ccccc21. The Morgan fingerprint density at radius 3 is 1.06 bits per heavy atom. The van der Waals surface area contributed by atoms with E-state index in [0.717, 1.165) is 94.4 Å². The van der Waals surface area contributed by atoms with Crippen LogP contribution in [0.3, 0.4) is 0 Å². The molecule has 24 rings (SSSR count). The number of aromatic nitrogens is 7. The van der Waals surface area contributed by atoms with Crippen molar-refractivity contribution in [2.24, 2.45) is 0 Å². The zero-order chi connectivity index (χ0) is 81.7. The largest absolute Gasteiger partial charge is 2.00 e. The van der Waals surface area contributed by atoms with Gasteiger partial charge in [0.25, 0.3) is 0 Å². The second-order valence-electron chi connectivity index (χ2n) is 30.3. The van der Waals surface area contributed by atoms with Crippen molar-refractivity contribution in [2.45, 2.75) is 16.2 Å². The second-order valence-corrected chi connectivity index (χ2v) is 31.1. The molecule has 606 valence electrons. The summed E-state index contributed by atoms with van der Waals surface area (Å²) in [5.74, 6) is 3.40. The normalized spacial score (nSPS) is 12.8. The minimum atomic E-state index is -0.652. The molecule has 126 heavy (non-hydrogen) atoms. The quantitative estimate of drug-likeness (QED) is 0.0917. The van der Waals surface area contributed by atoms with Gasteiger partial charge in [0, 0.05) is 54.4 Å². The van der Waals surface area contributed by atoms with Crippen LogP contribution in [0.4, 0.5) is 0 Å². The predicted octanol–water partition coefficient (Wildman–Crippen LogP) is 25.9. The maximum absolute atomic E-state index is 6.38. The van der Waals surface area contributed by atoms with Crippen LogP contribution in [0.25, 0.3) is 94.0 Å². The van der Waals surface area contributed by atoms with Crippen LogP contribution in [0.1, 0.15) is 67.2 Å². The number of rotatable bonds is 15. The standard InChI is InChI=1S/C37H23N3O.C37H22N2O2.C37H22N2OS.3Pt/c1-2-11-27-24-39-36(22-26(27)10-1)40-21-19-30(25-40)41-29-13-9-12-28(23-29)37(35-18-7-8-20-38-35)33-16-5-3-14-31(33)32-15-4-6-17-34(32)37;1-2-11-26-23-39-34(20-25(26)10-1)27-21-36(40-24-27)41-29-13-9-12-28(22-29)37(35-18-7-8-19-38-35)32-16-5-3-14-30(32)31-15-4-6-17-33(31)37;1-2-11-26-23-39-34(20-25(26)10-1)27-21-36(41-24-27)40-29-13-9-12-28(22-29)37(35-18-7-8-19-38-35)32-16-5-3-14-30(32)31-15-4-6-17-33(31)37;;;/h1-22,24H;2*1-20,23-24H;;;/q3*-2;3*+2. The van der Waals surface area contributed by atoms with Crippen LogP contribution in [0, 0.1) is 36.5 Å². The van der Waals surface area contributed by atoms with E-state index < -0.39 is 16.2 Å². The molecule has 0 spiro atoms. The third-order valence-corrected chi connectivity index (χ3v) is 24.2. The van der Waals surface area contributed by atoms with Gasteiger partial charge in [0.2, 0.25) is 5.95 Å². The molecule has 0 amide bonds. The summed E-state index contributed by atoms with van der Waals surface area (Å²) in [5.41, 5.74) is 21.5. The topological polar surface area (TPSA) is 123 Å². The maximum atomic E-state index is 6.38. The van der Waals surface area contributed by atoms with Crippen molar-refractivity contribution < 1.29 is 81.8 Å². The van der Waals surface area contributed by atoms with Gasteiger partial charge in [-0.3, -0.25) is 19.9 Å². The van der Waals surface area contributed by atoms with Gasteiger partial charge < -0.3 is 33.2 Å². The molecule has 9 aromatic heterocycles. The van der Waals surface area contributed by atoms with Crippen molar-refractivity contribution in [1.29, 1.82) is 0 Å². The summed E-state index contributed by atoms with van der Waals surface area (Å²) >= 11 is 1.51. The molecule has 0 saturated heterocycles.